The highest BCUT2D eigenvalue weighted by molar-refractivity contribution is 5.84. The molecular weight excluding hydrogens is 278 g/mol. The summed E-state index contributed by atoms with van der Waals surface area (Å²) in [5.74, 6) is 1.20. The van der Waals surface area contributed by atoms with Gasteiger partial charge in [0, 0.05) is 24.0 Å². The zero-order valence-electron chi connectivity index (χ0n) is 11.7. The van der Waals surface area contributed by atoms with E-state index < -0.39 is 0 Å². The molecule has 6 nitrogen and oxygen atoms in total. The van der Waals surface area contributed by atoms with Crippen LogP contribution in [-0.2, 0) is 0 Å². The van der Waals surface area contributed by atoms with Gasteiger partial charge in [-0.1, -0.05) is 18.2 Å². The Bertz CT molecular complexity index is 823. The van der Waals surface area contributed by atoms with E-state index in [2.05, 4.69) is 20.3 Å². The molecule has 0 aliphatic rings. The highest BCUT2D eigenvalue weighted by atomic mass is 16.5. The molecule has 0 unspecified atom stereocenters. The molecule has 2 heterocycles. The van der Waals surface area contributed by atoms with Gasteiger partial charge in [0.2, 0.25) is 0 Å². The average molecular weight is 291 g/mol. The van der Waals surface area contributed by atoms with Crippen molar-refractivity contribution < 1.29 is 4.74 Å². The van der Waals surface area contributed by atoms with Gasteiger partial charge in [0.25, 0.3) is 0 Å². The van der Waals surface area contributed by atoms with E-state index >= 15 is 0 Å². The first-order valence-corrected chi connectivity index (χ1v) is 6.80. The second kappa shape index (κ2) is 6.50. The molecule has 3 aromatic rings. The molecule has 0 aliphatic heterocycles. The topological polar surface area (TPSA) is 83.7 Å². The number of hydrogen-bond donors (Lipinski definition) is 1. The predicted octanol–water partition coefficient (Wildman–Crippen LogP) is 2.39. The maximum atomic E-state index is 8.94. The summed E-state index contributed by atoms with van der Waals surface area (Å²) in [5.41, 5.74) is 1.11. The number of para-hydroxylation sites is 1. The molecule has 2 aromatic heterocycles. The summed E-state index contributed by atoms with van der Waals surface area (Å²) in [7, 11) is 0. The maximum Gasteiger partial charge on any atom is 0.182 e. The zero-order chi connectivity index (χ0) is 15.2. The number of ether oxygens (including phenoxy) is 1. The fourth-order valence-corrected chi connectivity index (χ4v) is 2.07. The number of benzene rings is 1. The van der Waals surface area contributed by atoms with Gasteiger partial charge < -0.3 is 10.1 Å². The number of rotatable bonds is 5. The van der Waals surface area contributed by atoms with Gasteiger partial charge in [-0.05, 0) is 12.1 Å². The molecule has 1 N–H and O–H groups in total. The van der Waals surface area contributed by atoms with Gasteiger partial charge in [-0.15, -0.1) is 0 Å². The molecule has 0 saturated carbocycles. The van der Waals surface area contributed by atoms with E-state index in [1.54, 1.807) is 12.4 Å². The Balaban J connectivity index is 1.62. The largest absolute Gasteiger partial charge is 0.489 e. The van der Waals surface area contributed by atoms with Crippen LogP contribution in [0.2, 0.25) is 0 Å². The SMILES string of the molecule is N#Cc1nccnc1NCCOc1cccc2cccnc12. The van der Waals surface area contributed by atoms with Crippen molar-refractivity contribution in [2.45, 2.75) is 0 Å². The van der Waals surface area contributed by atoms with Crippen molar-refractivity contribution in [3.05, 3.63) is 54.6 Å². The zero-order valence-corrected chi connectivity index (χ0v) is 11.7. The lowest BCUT2D eigenvalue weighted by Crippen LogP contribution is -2.13. The van der Waals surface area contributed by atoms with Crippen LogP contribution in [0.15, 0.2) is 48.9 Å². The Morgan fingerprint density at radius 3 is 2.82 bits per heavy atom. The Morgan fingerprint density at radius 1 is 1.05 bits per heavy atom. The van der Waals surface area contributed by atoms with Crippen LogP contribution in [0, 0.1) is 11.3 Å². The van der Waals surface area contributed by atoms with Crippen LogP contribution in [0.5, 0.6) is 5.75 Å². The number of nitrogens with zero attached hydrogens (tertiary/aromatic N) is 4. The monoisotopic (exact) mass is 291 g/mol. The van der Waals surface area contributed by atoms with Crippen molar-refractivity contribution in [1.29, 1.82) is 5.26 Å². The van der Waals surface area contributed by atoms with Gasteiger partial charge in [0.05, 0.1) is 6.54 Å². The van der Waals surface area contributed by atoms with Crippen LogP contribution >= 0.6 is 0 Å². The minimum Gasteiger partial charge on any atom is -0.489 e. The first-order chi connectivity index (χ1) is 10.9. The lowest BCUT2D eigenvalue weighted by Gasteiger charge is -2.10. The second-order valence-corrected chi connectivity index (χ2v) is 4.47. The first kappa shape index (κ1) is 13.8. The fraction of sp³-hybridized carbons (Fsp3) is 0.125. The quantitative estimate of drug-likeness (QED) is 0.727. The molecule has 0 spiro atoms. The molecule has 1 aromatic carbocycles. The number of nitriles is 1. The Labute approximate surface area is 127 Å². The Hall–Kier alpha value is -3.20. The van der Waals surface area contributed by atoms with Crippen LogP contribution in [-0.4, -0.2) is 28.1 Å². The number of hydrogen-bond acceptors (Lipinski definition) is 6. The fourth-order valence-electron chi connectivity index (χ4n) is 2.07. The van der Waals surface area contributed by atoms with Crippen molar-refractivity contribution in [3.63, 3.8) is 0 Å². The van der Waals surface area contributed by atoms with Crippen LogP contribution in [0.1, 0.15) is 5.69 Å². The summed E-state index contributed by atoms with van der Waals surface area (Å²) in [6, 6.07) is 11.7. The lowest BCUT2D eigenvalue weighted by atomic mass is 10.2. The Kier molecular flexibility index (Phi) is 4.07. The summed E-state index contributed by atoms with van der Waals surface area (Å²) in [6.45, 7) is 0.938. The van der Waals surface area contributed by atoms with Gasteiger partial charge in [-0.2, -0.15) is 5.26 Å². The van der Waals surface area contributed by atoms with Crippen molar-refractivity contribution >= 4 is 16.7 Å². The summed E-state index contributed by atoms with van der Waals surface area (Å²) < 4.78 is 5.76. The van der Waals surface area contributed by atoms with Crippen molar-refractivity contribution in [3.8, 4) is 11.8 Å². The van der Waals surface area contributed by atoms with Crippen LogP contribution in [0.25, 0.3) is 10.9 Å². The average Bonchev–Trinajstić information content (AvgIpc) is 2.59. The molecule has 0 fully saturated rings. The number of aromatic nitrogens is 3. The van der Waals surface area contributed by atoms with E-state index in [1.807, 2.05) is 36.4 Å². The molecule has 0 bridgehead atoms. The molecule has 0 saturated heterocycles. The molecule has 0 aliphatic carbocycles. The van der Waals surface area contributed by atoms with E-state index in [4.69, 9.17) is 10.00 Å². The lowest BCUT2D eigenvalue weighted by molar-refractivity contribution is 0.336. The van der Waals surface area contributed by atoms with Crippen LogP contribution in [0.3, 0.4) is 0 Å². The normalized spacial score (nSPS) is 10.1. The molecule has 0 amide bonds. The van der Waals surface area contributed by atoms with Gasteiger partial charge in [0.1, 0.15) is 23.9 Å². The number of fused-ring (bicyclic) bond motifs is 1. The van der Waals surface area contributed by atoms with Crippen molar-refractivity contribution in [2.24, 2.45) is 0 Å². The third-order valence-corrected chi connectivity index (χ3v) is 3.05. The van der Waals surface area contributed by atoms with Crippen molar-refractivity contribution in [1.82, 2.24) is 15.0 Å². The summed E-state index contributed by atoms with van der Waals surface area (Å²) in [5, 5.41) is 13.0. The molecule has 108 valence electrons. The molecule has 6 heteroatoms. The van der Waals surface area contributed by atoms with E-state index in [0.29, 0.717) is 19.0 Å². The maximum absolute atomic E-state index is 8.94. The van der Waals surface area contributed by atoms with Crippen LogP contribution in [0.4, 0.5) is 5.82 Å². The molecule has 3 rings (SSSR count). The Morgan fingerprint density at radius 2 is 1.91 bits per heavy atom. The van der Waals surface area contributed by atoms with Crippen molar-refractivity contribution in [2.75, 3.05) is 18.5 Å². The van der Waals surface area contributed by atoms with Gasteiger partial charge in [-0.25, -0.2) is 9.97 Å². The minimum absolute atomic E-state index is 0.273. The smallest absolute Gasteiger partial charge is 0.182 e. The van der Waals surface area contributed by atoms with E-state index in [1.165, 1.54) is 6.20 Å². The second-order valence-electron chi connectivity index (χ2n) is 4.47. The predicted molar refractivity (Wildman–Crippen MR) is 82.5 cm³/mol. The summed E-state index contributed by atoms with van der Waals surface area (Å²) >= 11 is 0. The number of nitrogens with one attached hydrogen (secondary N) is 1. The first-order valence-electron chi connectivity index (χ1n) is 6.80. The van der Waals surface area contributed by atoms with E-state index in [0.717, 1.165) is 16.7 Å². The molecule has 22 heavy (non-hydrogen) atoms. The number of pyridine rings is 1. The highest BCUT2D eigenvalue weighted by Gasteiger charge is 2.04. The van der Waals surface area contributed by atoms with Gasteiger partial charge in [-0.3, -0.25) is 4.98 Å². The third kappa shape index (κ3) is 2.94. The van der Waals surface area contributed by atoms with E-state index in [-0.39, 0.29) is 5.69 Å². The highest BCUT2D eigenvalue weighted by Crippen LogP contribution is 2.22. The van der Waals surface area contributed by atoms with E-state index in [9.17, 15) is 0 Å². The molecule has 0 atom stereocenters. The van der Waals surface area contributed by atoms with Gasteiger partial charge >= 0.3 is 0 Å². The number of anilines is 1. The molecule has 0 radical (unpaired) electrons. The van der Waals surface area contributed by atoms with Crippen LogP contribution < -0.4 is 10.1 Å². The summed E-state index contributed by atoms with van der Waals surface area (Å²) in [6.07, 6.45) is 4.77. The minimum atomic E-state index is 0.273. The molecular formula is C16H13N5O. The standard InChI is InChI=1S/C16H13N5O/c17-11-13-16(20-8-7-18-13)21-9-10-22-14-5-1-3-12-4-2-6-19-15(12)14/h1-8H,9-10H2,(H,20,21). The van der Waals surface area contributed by atoms with Gasteiger partial charge in [0.15, 0.2) is 11.5 Å². The third-order valence-electron chi connectivity index (χ3n) is 3.05. The summed E-state index contributed by atoms with van der Waals surface area (Å²) in [4.78, 5) is 12.4.